The van der Waals surface area contributed by atoms with E-state index in [2.05, 4.69) is 20.8 Å². The van der Waals surface area contributed by atoms with Gasteiger partial charge in [0.25, 0.3) is 0 Å². The monoisotopic (exact) mass is 411 g/mol. The molecule has 9 heteroatoms. The third kappa shape index (κ3) is 4.62. The number of ether oxygens (including phenoxy) is 3. The minimum absolute atomic E-state index is 0.225. The smallest absolute Gasteiger partial charge is 0.315 e. The van der Waals surface area contributed by atoms with Gasteiger partial charge in [-0.25, -0.2) is 4.79 Å². The van der Waals surface area contributed by atoms with E-state index >= 15 is 0 Å². The fourth-order valence-electron chi connectivity index (χ4n) is 3.03. The van der Waals surface area contributed by atoms with Crippen LogP contribution in [0, 0.1) is 0 Å². The van der Waals surface area contributed by atoms with Crippen LogP contribution >= 0.6 is 0 Å². The molecule has 1 heterocycles. The van der Waals surface area contributed by atoms with Gasteiger partial charge in [0.2, 0.25) is 5.75 Å². The van der Waals surface area contributed by atoms with Gasteiger partial charge in [-0.05, 0) is 36.8 Å². The Morgan fingerprint density at radius 3 is 2.33 bits per heavy atom. The zero-order valence-electron chi connectivity index (χ0n) is 17.4. The molecule has 0 saturated carbocycles. The van der Waals surface area contributed by atoms with Gasteiger partial charge in [0, 0.05) is 5.69 Å². The lowest BCUT2D eigenvalue weighted by Crippen LogP contribution is -2.37. The number of nitrogens with one attached hydrogen (secondary N) is 2. The fraction of sp³-hybridized carbons (Fsp3) is 0.286. The van der Waals surface area contributed by atoms with Crippen molar-refractivity contribution in [2.45, 2.75) is 19.5 Å². The van der Waals surface area contributed by atoms with Gasteiger partial charge in [0.1, 0.15) is 6.33 Å². The van der Waals surface area contributed by atoms with E-state index in [0.717, 1.165) is 11.3 Å². The summed E-state index contributed by atoms with van der Waals surface area (Å²) < 4.78 is 17.9. The van der Waals surface area contributed by atoms with Crippen LogP contribution in [0.3, 0.4) is 0 Å². The van der Waals surface area contributed by atoms with Crippen molar-refractivity contribution in [1.29, 1.82) is 0 Å². The first-order valence-corrected chi connectivity index (χ1v) is 9.36. The lowest BCUT2D eigenvalue weighted by atomic mass is 10.1. The highest BCUT2D eigenvalue weighted by Crippen LogP contribution is 2.39. The first kappa shape index (κ1) is 21.0. The Balaban J connectivity index is 1.66. The predicted molar refractivity (Wildman–Crippen MR) is 111 cm³/mol. The van der Waals surface area contributed by atoms with Crippen LogP contribution in [0.15, 0.2) is 48.8 Å². The first-order valence-electron chi connectivity index (χ1n) is 9.36. The van der Waals surface area contributed by atoms with Crippen molar-refractivity contribution >= 4 is 6.03 Å². The van der Waals surface area contributed by atoms with E-state index in [1.54, 1.807) is 39.8 Å². The molecule has 0 spiro atoms. The molecule has 3 rings (SSSR count). The maximum Gasteiger partial charge on any atom is 0.315 e. The summed E-state index contributed by atoms with van der Waals surface area (Å²) in [6.07, 6.45) is 1.61. The molecule has 2 amide bonds. The molecule has 0 saturated heterocycles. The third-order valence-electron chi connectivity index (χ3n) is 4.59. The van der Waals surface area contributed by atoms with Gasteiger partial charge in [-0.3, -0.25) is 4.57 Å². The third-order valence-corrected chi connectivity index (χ3v) is 4.59. The number of rotatable bonds is 8. The van der Waals surface area contributed by atoms with Gasteiger partial charge in [0.05, 0.1) is 33.9 Å². The maximum absolute atomic E-state index is 12.4. The van der Waals surface area contributed by atoms with Crippen molar-refractivity contribution in [1.82, 2.24) is 25.4 Å². The van der Waals surface area contributed by atoms with E-state index in [1.807, 2.05) is 41.8 Å². The van der Waals surface area contributed by atoms with E-state index in [4.69, 9.17) is 14.2 Å². The van der Waals surface area contributed by atoms with Crippen molar-refractivity contribution in [3.05, 3.63) is 60.2 Å². The van der Waals surface area contributed by atoms with Crippen LogP contribution in [0.4, 0.5) is 4.79 Å². The number of hydrogen-bond acceptors (Lipinski definition) is 6. The number of carbonyl (C=O) groups is 1. The lowest BCUT2D eigenvalue weighted by molar-refractivity contribution is 0.237. The van der Waals surface area contributed by atoms with E-state index in [1.165, 1.54) is 0 Å². The average molecular weight is 411 g/mol. The van der Waals surface area contributed by atoms with E-state index < -0.39 is 0 Å². The topological polar surface area (TPSA) is 99.5 Å². The molecule has 0 aliphatic carbocycles. The Labute approximate surface area is 175 Å². The number of carbonyl (C=O) groups excluding carboxylic acids is 1. The Morgan fingerprint density at radius 1 is 1.07 bits per heavy atom. The maximum atomic E-state index is 12.4. The molecule has 1 unspecified atom stereocenters. The number of hydrogen-bond donors (Lipinski definition) is 2. The molecule has 1 aromatic heterocycles. The van der Waals surface area contributed by atoms with Crippen LogP contribution in [0.1, 0.15) is 24.4 Å². The fourth-order valence-corrected chi connectivity index (χ4v) is 3.03. The molecule has 0 radical (unpaired) electrons. The Morgan fingerprint density at radius 2 is 1.73 bits per heavy atom. The molecular formula is C21H25N5O4. The molecule has 0 aliphatic heterocycles. The lowest BCUT2D eigenvalue weighted by Gasteiger charge is -2.19. The van der Waals surface area contributed by atoms with Gasteiger partial charge < -0.3 is 24.8 Å². The van der Waals surface area contributed by atoms with Gasteiger partial charge >= 0.3 is 6.03 Å². The van der Waals surface area contributed by atoms with E-state index in [-0.39, 0.29) is 18.6 Å². The number of benzene rings is 2. The summed E-state index contributed by atoms with van der Waals surface area (Å²) in [5.74, 6) is 2.17. The second-order valence-electron chi connectivity index (χ2n) is 6.46. The molecule has 2 aromatic carbocycles. The van der Waals surface area contributed by atoms with Crippen molar-refractivity contribution < 1.29 is 19.0 Å². The quantitative estimate of drug-likeness (QED) is 0.591. The van der Waals surface area contributed by atoms with Crippen molar-refractivity contribution in [2.24, 2.45) is 0 Å². The molecule has 3 aromatic rings. The summed E-state index contributed by atoms with van der Waals surface area (Å²) in [5, 5.41) is 13.7. The van der Waals surface area contributed by atoms with Crippen LogP contribution in [0.2, 0.25) is 0 Å². The van der Waals surface area contributed by atoms with E-state index in [0.29, 0.717) is 23.1 Å². The minimum Gasteiger partial charge on any atom is -0.493 e. The van der Waals surface area contributed by atoms with Gasteiger partial charge in [-0.2, -0.15) is 0 Å². The molecule has 0 fully saturated rings. The zero-order valence-corrected chi connectivity index (χ0v) is 17.4. The first-order chi connectivity index (χ1) is 14.6. The van der Waals surface area contributed by atoms with Crippen molar-refractivity contribution in [2.75, 3.05) is 21.3 Å². The van der Waals surface area contributed by atoms with Gasteiger partial charge in [0.15, 0.2) is 17.3 Å². The number of aromatic nitrogens is 3. The zero-order chi connectivity index (χ0) is 21.5. The second-order valence-corrected chi connectivity index (χ2v) is 6.46. The van der Waals surface area contributed by atoms with Gasteiger partial charge in [-0.1, -0.05) is 18.2 Å². The Kier molecular flexibility index (Phi) is 6.74. The summed E-state index contributed by atoms with van der Waals surface area (Å²) in [6.45, 7) is 2.09. The van der Waals surface area contributed by atoms with Gasteiger partial charge in [-0.15, -0.1) is 10.2 Å². The molecule has 1 atom stereocenters. The van der Waals surface area contributed by atoms with Crippen molar-refractivity contribution in [3.8, 4) is 22.9 Å². The van der Waals surface area contributed by atoms with Crippen LogP contribution < -0.4 is 24.8 Å². The Hall–Kier alpha value is -3.75. The molecule has 9 nitrogen and oxygen atoms in total. The number of nitrogens with zero attached hydrogens (tertiary/aromatic N) is 3. The number of urea groups is 1. The van der Waals surface area contributed by atoms with E-state index in [9.17, 15) is 4.79 Å². The Bertz CT molecular complexity index is 965. The largest absolute Gasteiger partial charge is 0.493 e. The summed E-state index contributed by atoms with van der Waals surface area (Å²) in [5.41, 5.74) is 1.73. The van der Waals surface area contributed by atoms with Crippen molar-refractivity contribution in [3.63, 3.8) is 0 Å². The van der Waals surface area contributed by atoms with Crippen LogP contribution in [0.25, 0.3) is 5.69 Å². The molecular weight excluding hydrogens is 386 g/mol. The van der Waals surface area contributed by atoms with Crippen LogP contribution in [-0.2, 0) is 6.54 Å². The highest BCUT2D eigenvalue weighted by molar-refractivity contribution is 5.74. The summed E-state index contributed by atoms with van der Waals surface area (Å²) in [6, 6.07) is 12.7. The minimum atomic E-state index is -0.334. The highest BCUT2D eigenvalue weighted by atomic mass is 16.5. The van der Waals surface area contributed by atoms with Crippen LogP contribution in [0.5, 0.6) is 17.2 Å². The predicted octanol–water partition coefficient (Wildman–Crippen LogP) is 2.85. The molecule has 2 N–H and O–H groups in total. The highest BCUT2D eigenvalue weighted by Gasteiger charge is 2.18. The second kappa shape index (κ2) is 9.64. The average Bonchev–Trinajstić information content (AvgIpc) is 3.25. The van der Waals surface area contributed by atoms with Crippen LogP contribution in [-0.4, -0.2) is 42.1 Å². The molecule has 0 bridgehead atoms. The summed E-state index contributed by atoms with van der Waals surface area (Å²) in [4.78, 5) is 12.4. The number of para-hydroxylation sites is 1. The molecule has 0 aliphatic rings. The summed E-state index contributed by atoms with van der Waals surface area (Å²) >= 11 is 0. The SMILES string of the molecule is COc1cc(C(C)NC(=O)NCc2nncn2-c2ccccc2)cc(OC)c1OC. The summed E-state index contributed by atoms with van der Waals surface area (Å²) in [7, 11) is 4.65. The standard InChI is InChI=1S/C21H25N5O4/c1-14(15-10-17(28-2)20(30-4)18(11-15)29-3)24-21(27)22-12-19-25-23-13-26(19)16-8-6-5-7-9-16/h5-11,13-14H,12H2,1-4H3,(H2,22,24,27). The molecule has 158 valence electrons. The normalized spacial score (nSPS) is 11.5. The molecule has 30 heavy (non-hydrogen) atoms. The number of methoxy groups -OCH3 is 3. The number of amides is 2.